The summed E-state index contributed by atoms with van der Waals surface area (Å²) in [7, 11) is -3.85. The Morgan fingerprint density at radius 1 is 1.09 bits per heavy atom. The number of imide groups is 1. The SMILES string of the molecule is O=C1CC2(CCCC2)C(=O)N1CCS(=O)(=O)Oc1ccccc1. The Bertz CT molecular complexity index is 707. The van der Waals surface area contributed by atoms with E-state index in [0.717, 1.165) is 30.6 Å². The topological polar surface area (TPSA) is 80.8 Å². The first-order valence-corrected chi connectivity index (χ1v) is 9.32. The van der Waals surface area contributed by atoms with Crippen molar-refractivity contribution in [3.05, 3.63) is 30.3 Å². The molecule has 1 aromatic rings. The van der Waals surface area contributed by atoms with Crippen molar-refractivity contribution in [3.63, 3.8) is 0 Å². The Hall–Kier alpha value is -1.89. The molecule has 0 N–H and O–H groups in total. The minimum absolute atomic E-state index is 0.144. The van der Waals surface area contributed by atoms with E-state index in [-0.39, 0.29) is 30.5 Å². The molecule has 7 heteroatoms. The lowest BCUT2D eigenvalue weighted by atomic mass is 9.84. The summed E-state index contributed by atoms with van der Waals surface area (Å²) in [5.41, 5.74) is -0.568. The van der Waals surface area contributed by atoms with Gasteiger partial charge >= 0.3 is 10.1 Å². The highest BCUT2D eigenvalue weighted by molar-refractivity contribution is 7.87. The van der Waals surface area contributed by atoms with Crippen molar-refractivity contribution in [2.24, 2.45) is 5.41 Å². The molecule has 1 saturated carbocycles. The summed E-state index contributed by atoms with van der Waals surface area (Å²) < 4.78 is 29.0. The fourth-order valence-electron chi connectivity index (χ4n) is 3.40. The van der Waals surface area contributed by atoms with Crippen molar-refractivity contribution in [2.45, 2.75) is 32.1 Å². The summed E-state index contributed by atoms with van der Waals surface area (Å²) in [4.78, 5) is 25.7. The second kappa shape index (κ2) is 5.96. The molecule has 23 heavy (non-hydrogen) atoms. The van der Waals surface area contributed by atoms with E-state index in [1.54, 1.807) is 18.2 Å². The molecule has 2 amide bonds. The molecule has 0 bridgehead atoms. The van der Waals surface area contributed by atoms with Gasteiger partial charge in [0.25, 0.3) is 0 Å². The number of amides is 2. The van der Waals surface area contributed by atoms with Crippen molar-refractivity contribution in [2.75, 3.05) is 12.3 Å². The maximum atomic E-state index is 12.5. The van der Waals surface area contributed by atoms with Crippen molar-refractivity contribution in [1.82, 2.24) is 4.90 Å². The lowest BCUT2D eigenvalue weighted by molar-refractivity contribution is -0.141. The van der Waals surface area contributed by atoms with Crippen LogP contribution in [-0.4, -0.2) is 37.4 Å². The van der Waals surface area contributed by atoms with Gasteiger partial charge < -0.3 is 4.18 Å². The van der Waals surface area contributed by atoms with Gasteiger partial charge in [-0.1, -0.05) is 31.0 Å². The standard InChI is InChI=1S/C16H19NO5S/c18-14-12-16(8-4-5-9-16)15(19)17(14)10-11-23(20,21)22-13-6-2-1-3-7-13/h1-3,6-7H,4-5,8-12H2. The highest BCUT2D eigenvalue weighted by Crippen LogP contribution is 2.46. The van der Waals surface area contributed by atoms with Crippen LogP contribution >= 0.6 is 0 Å². The van der Waals surface area contributed by atoms with Crippen LogP contribution in [0.1, 0.15) is 32.1 Å². The molecular weight excluding hydrogens is 318 g/mol. The zero-order valence-corrected chi connectivity index (χ0v) is 13.5. The van der Waals surface area contributed by atoms with E-state index in [4.69, 9.17) is 4.18 Å². The average molecular weight is 337 g/mol. The highest BCUT2D eigenvalue weighted by atomic mass is 32.2. The molecule has 0 atom stereocenters. The zero-order valence-electron chi connectivity index (χ0n) is 12.7. The number of rotatable bonds is 5. The number of hydrogen-bond donors (Lipinski definition) is 0. The molecule has 6 nitrogen and oxygen atoms in total. The van der Waals surface area contributed by atoms with Gasteiger partial charge in [0.15, 0.2) is 0 Å². The Labute approximate surface area is 135 Å². The summed E-state index contributed by atoms with van der Waals surface area (Å²) in [5.74, 6) is -0.657. The number of carbonyl (C=O) groups is 2. The molecule has 1 heterocycles. The molecule has 0 aromatic heterocycles. The molecule has 1 spiro atoms. The Kier molecular flexibility index (Phi) is 4.14. The number of carbonyl (C=O) groups excluding carboxylic acids is 2. The monoisotopic (exact) mass is 337 g/mol. The summed E-state index contributed by atoms with van der Waals surface area (Å²) >= 11 is 0. The highest BCUT2D eigenvalue weighted by Gasteiger charge is 2.52. The van der Waals surface area contributed by atoms with Crippen molar-refractivity contribution in [3.8, 4) is 5.75 Å². The maximum Gasteiger partial charge on any atom is 0.310 e. The largest absolute Gasteiger partial charge is 0.382 e. The van der Waals surface area contributed by atoms with E-state index in [0.29, 0.717) is 0 Å². The van der Waals surface area contributed by atoms with Crippen molar-refractivity contribution >= 4 is 21.9 Å². The third-order valence-electron chi connectivity index (χ3n) is 4.58. The van der Waals surface area contributed by atoms with E-state index in [2.05, 4.69) is 0 Å². The summed E-state index contributed by atoms with van der Waals surface area (Å²) in [5, 5.41) is 0. The van der Waals surface area contributed by atoms with E-state index in [1.165, 1.54) is 12.1 Å². The summed E-state index contributed by atoms with van der Waals surface area (Å²) in [6, 6.07) is 8.17. The third kappa shape index (κ3) is 3.24. The lowest BCUT2D eigenvalue weighted by Crippen LogP contribution is -2.38. The van der Waals surface area contributed by atoms with Gasteiger partial charge in [-0.15, -0.1) is 0 Å². The summed E-state index contributed by atoms with van der Waals surface area (Å²) in [6.07, 6.45) is 3.55. The molecule has 1 aromatic carbocycles. The number of benzene rings is 1. The van der Waals surface area contributed by atoms with Crippen LogP contribution < -0.4 is 4.18 Å². The van der Waals surface area contributed by atoms with E-state index in [9.17, 15) is 18.0 Å². The predicted molar refractivity (Wildman–Crippen MR) is 83.1 cm³/mol. The molecule has 2 fully saturated rings. The number of nitrogens with zero attached hydrogens (tertiary/aromatic N) is 1. The van der Waals surface area contributed by atoms with Gasteiger partial charge in [0.1, 0.15) is 11.5 Å². The van der Waals surface area contributed by atoms with Crippen LogP contribution in [0.15, 0.2) is 30.3 Å². The fraction of sp³-hybridized carbons (Fsp3) is 0.500. The minimum Gasteiger partial charge on any atom is -0.382 e. The Morgan fingerprint density at radius 3 is 2.39 bits per heavy atom. The molecule has 3 rings (SSSR count). The number of hydrogen-bond acceptors (Lipinski definition) is 5. The smallest absolute Gasteiger partial charge is 0.310 e. The average Bonchev–Trinajstić information content (AvgIpc) is 3.05. The fourth-order valence-corrected chi connectivity index (χ4v) is 4.29. The van der Waals surface area contributed by atoms with Gasteiger partial charge in [-0.05, 0) is 25.0 Å². The Morgan fingerprint density at radius 2 is 1.74 bits per heavy atom. The number of para-hydroxylation sites is 1. The lowest BCUT2D eigenvalue weighted by Gasteiger charge is -2.20. The van der Waals surface area contributed by atoms with Crippen LogP contribution in [0.2, 0.25) is 0 Å². The molecule has 2 aliphatic rings. The minimum atomic E-state index is -3.85. The van der Waals surface area contributed by atoms with Crippen LogP contribution in [-0.2, 0) is 19.7 Å². The van der Waals surface area contributed by atoms with E-state index >= 15 is 0 Å². The molecule has 1 aliphatic carbocycles. The maximum absolute atomic E-state index is 12.5. The second-order valence-corrected chi connectivity index (χ2v) is 7.86. The molecule has 1 aliphatic heterocycles. The van der Waals surface area contributed by atoms with Gasteiger partial charge in [0.2, 0.25) is 11.8 Å². The van der Waals surface area contributed by atoms with Crippen LogP contribution in [0.5, 0.6) is 5.75 Å². The predicted octanol–water partition coefficient (Wildman–Crippen LogP) is 1.71. The van der Waals surface area contributed by atoms with Crippen LogP contribution in [0.25, 0.3) is 0 Å². The first-order valence-electron chi connectivity index (χ1n) is 7.74. The van der Waals surface area contributed by atoms with Gasteiger partial charge in [-0.25, -0.2) is 0 Å². The molecule has 0 unspecified atom stereocenters. The molecular formula is C16H19NO5S. The van der Waals surface area contributed by atoms with Gasteiger partial charge in [-0.2, -0.15) is 8.42 Å². The Balaban J connectivity index is 1.63. The normalized spacial score (nSPS) is 20.4. The molecule has 124 valence electrons. The molecule has 1 saturated heterocycles. The van der Waals surface area contributed by atoms with E-state index < -0.39 is 21.3 Å². The first-order chi connectivity index (χ1) is 10.9. The van der Waals surface area contributed by atoms with Crippen LogP contribution in [0, 0.1) is 5.41 Å². The number of likely N-dealkylation sites (tertiary alicyclic amines) is 1. The van der Waals surface area contributed by atoms with Crippen LogP contribution in [0.3, 0.4) is 0 Å². The van der Waals surface area contributed by atoms with Crippen LogP contribution in [0.4, 0.5) is 0 Å². The van der Waals surface area contributed by atoms with E-state index in [1.807, 2.05) is 0 Å². The third-order valence-corrected chi connectivity index (χ3v) is 5.71. The second-order valence-electron chi connectivity index (χ2n) is 6.17. The van der Waals surface area contributed by atoms with Gasteiger partial charge in [0, 0.05) is 13.0 Å². The molecule has 0 radical (unpaired) electrons. The van der Waals surface area contributed by atoms with Gasteiger partial charge in [-0.3, -0.25) is 14.5 Å². The quantitative estimate of drug-likeness (QED) is 0.603. The van der Waals surface area contributed by atoms with Gasteiger partial charge in [0.05, 0.1) is 5.41 Å². The van der Waals surface area contributed by atoms with Crippen molar-refractivity contribution < 1.29 is 22.2 Å². The van der Waals surface area contributed by atoms with Crippen molar-refractivity contribution in [1.29, 1.82) is 0 Å². The zero-order chi connectivity index (χ0) is 16.5. The first kappa shape index (κ1) is 16.0. The summed E-state index contributed by atoms with van der Waals surface area (Å²) in [6.45, 7) is -0.144.